The summed E-state index contributed by atoms with van der Waals surface area (Å²) in [7, 11) is 0. The number of allylic oxidation sites excluding steroid dienone is 3. The van der Waals surface area contributed by atoms with E-state index >= 15 is 0 Å². The standard InChI is InChI=1S/C16H20O2/c1-3-4-13-18-16(17)12-8-9-14(2)15-10-6-5-7-11-15/h5-12H,3-4,13H2,1-2H3/b12-8+,14-9-. The first-order valence-corrected chi connectivity index (χ1v) is 6.31. The lowest BCUT2D eigenvalue weighted by atomic mass is 10.1. The number of hydrogen-bond donors (Lipinski definition) is 0. The van der Waals surface area contributed by atoms with E-state index in [0.717, 1.165) is 24.0 Å². The molecule has 1 aromatic carbocycles. The second kappa shape index (κ2) is 8.29. The second-order valence-corrected chi connectivity index (χ2v) is 4.10. The fourth-order valence-electron chi connectivity index (χ4n) is 1.43. The number of hydrogen-bond acceptors (Lipinski definition) is 2. The maximum Gasteiger partial charge on any atom is 0.330 e. The molecule has 1 rings (SSSR count). The van der Waals surface area contributed by atoms with Crippen molar-refractivity contribution < 1.29 is 9.53 Å². The Bertz CT molecular complexity index is 416. The predicted molar refractivity (Wildman–Crippen MR) is 75.1 cm³/mol. The van der Waals surface area contributed by atoms with E-state index in [1.165, 1.54) is 6.08 Å². The largest absolute Gasteiger partial charge is 0.463 e. The zero-order chi connectivity index (χ0) is 13.2. The zero-order valence-electron chi connectivity index (χ0n) is 11.1. The normalized spacial score (nSPS) is 11.8. The van der Waals surface area contributed by atoms with Crippen LogP contribution in [0.2, 0.25) is 0 Å². The third-order valence-electron chi connectivity index (χ3n) is 2.55. The van der Waals surface area contributed by atoms with Gasteiger partial charge in [-0.15, -0.1) is 0 Å². The Morgan fingerprint density at radius 2 is 2.00 bits per heavy atom. The SMILES string of the molecule is CCCCOC(=O)/C=C/C=C(/C)c1ccccc1. The molecule has 2 heteroatoms. The summed E-state index contributed by atoms with van der Waals surface area (Å²) in [4.78, 5) is 11.3. The van der Waals surface area contributed by atoms with Gasteiger partial charge in [0.25, 0.3) is 0 Å². The number of unbranched alkanes of at least 4 members (excludes halogenated alkanes) is 1. The number of ether oxygens (including phenoxy) is 1. The van der Waals surface area contributed by atoms with Crippen LogP contribution >= 0.6 is 0 Å². The van der Waals surface area contributed by atoms with Gasteiger partial charge in [0.15, 0.2) is 0 Å². The first kappa shape index (κ1) is 14.2. The average molecular weight is 244 g/mol. The van der Waals surface area contributed by atoms with Crippen molar-refractivity contribution in [2.45, 2.75) is 26.7 Å². The van der Waals surface area contributed by atoms with E-state index in [2.05, 4.69) is 6.92 Å². The van der Waals surface area contributed by atoms with Gasteiger partial charge in [-0.25, -0.2) is 4.79 Å². The summed E-state index contributed by atoms with van der Waals surface area (Å²) in [6.45, 7) is 4.58. The van der Waals surface area contributed by atoms with Gasteiger partial charge in [0, 0.05) is 6.08 Å². The van der Waals surface area contributed by atoms with E-state index in [9.17, 15) is 4.79 Å². The van der Waals surface area contributed by atoms with Crippen LogP contribution in [-0.4, -0.2) is 12.6 Å². The second-order valence-electron chi connectivity index (χ2n) is 4.10. The van der Waals surface area contributed by atoms with Crippen LogP contribution in [0.1, 0.15) is 32.3 Å². The molecule has 0 heterocycles. The van der Waals surface area contributed by atoms with E-state index in [0.29, 0.717) is 6.61 Å². The van der Waals surface area contributed by atoms with Gasteiger partial charge in [0.2, 0.25) is 0 Å². The summed E-state index contributed by atoms with van der Waals surface area (Å²) in [5, 5.41) is 0. The Morgan fingerprint density at radius 1 is 1.28 bits per heavy atom. The topological polar surface area (TPSA) is 26.3 Å². The lowest BCUT2D eigenvalue weighted by Crippen LogP contribution is -2.01. The summed E-state index contributed by atoms with van der Waals surface area (Å²) >= 11 is 0. The molecule has 2 nitrogen and oxygen atoms in total. The number of carbonyl (C=O) groups excluding carboxylic acids is 1. The van der Waals surface area contributed by atoms with E-state index in [4.69, 9.17) is 4.74 Å². The molecule has 0 saturated heterocycles. The van der Waals surface area contributed by atoms with Crippen molar-refractivity contribution in [1.82, 2.24) is 0 Å². The third kappa shape index (κ3) is 5.48. The molecule has 0 aliphatic heterocycles. The van der Waals surface area contributed by atoms with Crippen molar-refractivity contribution in [1.29, 1.82) is 0 Å². The van der Waals surface area contributed by atoms with Crippen molar-refractivity contribution in [2.24, 2.45) is 0 Å². The summed E-state index contributed by atoms with van der Waals surface area (Å²) in [6.07, 6.45) is 7.05. The van der Waals surface area contributed by atoms with Crippen molar-refractivity contribution in [2.75, 3.05) is 6.61 Å². The maximum atomic E-state index is 11.3. The molecular formula is C16H20O2. The number of carbonyl (C=O) groups is 1. The molecule has 0 spiro atoms. The van der Waals surface area contributed by atoms with Crippen molar-refractivity contribution in [3.05, 3.63) is 54.1 Å². The zero-order valence-corrected chi connectivity index (χ0v) is 11.1. The molecule has 0 aliphatic carbocycles. The minimum Gasteiger partial charge on any atom is -0.463 e. The maximum absolute atomic E-state index is 11.3. The molecule has 0 aliphatic rings. The molecule has 1 aromatic rings. The number of benzene rings is 1. The van der Waals surface area contributed by atoms with Gasteiger partial charge in [-0.1, -0.05) is 55.8 Å². The van der Waals surface area contributed by atoms with E-state index < -0.39 is 0 Å². The Hall–Kier alpha value is -1.83. The summed E-state index contributed by atoms with van der Waals surface area (Å²) < 4.78 is 5.01. The summed E-state index contributed by atoms with van der Waals surface area (Å²) in [6, 6.07) is 10.1. The average Bonchev–Trinajstić information content (AvgIpc) is 2.40. The molecule has 0 aromatic heterocycles. The molecule has 0 atom stereocenters. The molecule has 96 valence electrons. The van der Waals surface area contributed by atoms with Crippen LogP contribution < -0.4 is 0 Å². The van der Waals surface area contributed by atoms with E-state index in [1.54, 1.807) is 6.08 Å². The third-order valence-corrected chi connectivity index (χ3v) is 2.55. The molecule has 18 heavy (non-hydrogen) atoms. The minimum absolute atomic E-state index is 0.277. The molecular weight excluding hydrogens is 224 g/mol. The highest BCUT2D eigenvalue weighted by Crippen LogP contribution is 2.12. The quantitative estimate of drug-likeness (QED) is 0.327. The summed E-state index contributed by atoms with van der Waals surface area (Å²) in [5.74, 6) is -0.277. The highest BCUT2D eigenvalue weighted by atomic mass is 16.5. The van der Waals surface area contributed by atoms with Gasteiger partial charge in [-0.05, 0) is 24.5 Å². The Kier molecular flexibility index (Phi) is 6.55. The van der Waals surface area contributed by atoms with Crippen LogP contribution in [0.5, 0.6) is 0 Å². The van der Waals surface area contributed by atoms with E-state index in [-0.39, 0.29) is 5.97 Å². The molecule has 0 N–H and O–H groups in total. The first-order chi connectivity index (χ1) is 8.74. The van der Waals surface area contributed by atoms with Gasteiger partial charge in [0.1, 0.15) is 0 Å². The molecule has 0 saturated carbocycles. The van der Waals surface area contributed by atoms with Crippen LogP contribution in [-0.2, 0) is 9.53 Å². The fraction of sp³-hybridized carbons (Fsp3) is 0.312. The molecule has 0 fully saturated rings. The smallest absolute Gasteiger partial charge is 0.330 e. The van der Waals surface area contributed by atoms with E-state index in [1.807, 2.05) is 43.3 Å². The van der Waals surface area contributed by atoms with Crippen LogP contribution in [0.4, 0.5) is 0 Å². The molecule has 0 radical (unpaired) electrons. The van der Waals surface area contributed by atoms with Crippen molar-refractivity contribution in [3.8, 4) is 0 Å². The van der Waals surface area contributed by atoms with Crippen LogP contribution in [0, 0.1) is 0 Å². The highest BCUT2D eigenvalue weighted by molar-refractivity contribution is 5.82. The fourth-order valence-corrected chi connectivity index (χ4v) is 1.43. The first-order valence-electron chi connectivity index (χ1n) is 6.31. The van der Waals surface area contributed by atoms with Gasteiger partial charge < -0.3 is 4.74 Å². The van der Waals surface area contributed by atoms with Crippen molar-refractivity contribution >= 4 is 11.5 Å². The van der Waals surface area contributed by atoms with Crippen molar-refractivity contribution in [3.63, 3.8) is 0 Å². The van der Waals surface area contributed by atoms with Gasteiger partial charge >= 0.3 is 5.97 Å². The van der Waals surface area contributed by atoms with Gasteiger partial charge in [0.05, 0.1) is 6.61 Å². The predicted octanol–water partition coefficient (Wildman–Crippen LogP) is 3.99. The van der Waals surface area contributed by atoms with Crippen LogP contribution in [0.3, 0.4) is 0 Å². The molecule has 0 bridgehead atoms. The van der Waals surface area contributed by atoms with Gasteiger partial charge in [-0.2, -0.15) is 0 Å². The van der Waals surface area contributed by atoms with Crippen LogP contribution in [0.25, 0.3) is 5.57 Å². The lowest BCUT2D eigenvalue weighted by Gasteiger charge is -1.99. The number of esters is 1. The Morgan fingerprint density at radius 3 is 2.67 bits per heavy atom. The van der Waals surface area contributed by atoms with Gasteiger partial charge in [-0.3, -0.25) is 0 Å². The Balaban J connectivity index is 2.45. The van der Waals surface area contributed by atoms with Crippen LogP contribution in [0.15, 0.2) is 48.6 Å². The molecule has 0 amide bonds. The Labute approximate surface area is 109 Å². The number of rotatable bonds is 6. The minimum atomic E-state index is -0.277. The summed E-state index contributed by atoms with van der Waals surface area (Å²) in [5.41, 5.74) is 2.27. The highest BCUT2D eigenvalue weighted by Gasteiger charge is 1.95. The monoisotopic (exact) mass is 244 g/mol. The molecule has 0 unspecified atom stereocenters. The lowest BCUT2D eigenvalue weighted by molar-refractivity contribution is -0.137.